The second kappa shape index (κ2) is 6.58. The predicted molar refractivity (Wildman–Crippen MR) is 91.1 cm³/mol. The summed E-state index contributed by atoms with van der Waals surface area (Å²) in [5.41, 5.74) is 8.56. The lowest BCUT2D eigenvalue weighted by molar-refractivity contribution is 0.362. The van der Waals surface area contributed by atoms with Gasteiger partial charge < -0.3 is 10.6 Å². The van der Waals surface area contributed by atoms with Gasteiger partial charge in [-0.05, 0) is 62.1 Å². The summed E-state index contributed by atoms with van der Waals surface area (Å²) in [6.07, 6.45) is 8.77. The Morgan fingerprint density at radius 2 is 2.10 bits per heavy atom. The molecule has 2 fully saturated rings. The van der Waals surface area contributed by atoms with E-state index in [9.17, 15) is 0 Å². The minimum atomic E-state index is 0.211. The third-order valence-corrected chi connectivity index (χ3v) is 5.72. The molecule has 0 spiro atoms. The van der Waals surface area contributed by atoms with Crippen LogP contribution in [0.15, 0.2) is 18.2 Å². The lowest BCUT2D eigenvalue weighted by atomic mass is 9.91. The van der Waals surface area contributed by atoms with Crippen molar-refractivity contribution in [3.05, 3.63) is 28.8 Å². The van der Waals surface area contributed by atoms with E-state index in [-0.39, 0.29) is 6.04 Å². The van der Waals surface area contributed by atoms with Crippen molar-refractivity contribution in [1.29, 1.82) is 0 Å². The topological polar surface area (TPSA) is 29.3 Å². The first kappa shape index (κ1) is 15.2. The van der Waals surface area contributed by atoms with Crippen molar-refractivity contribution in [2.75, 3.05) is 11.4 Å². The van der Waals surface area contributed by atoms with E-state index in [1.54, 1.807) is 0 Å². The molecule has 21 heavy (non-hydrogen) atoms. The molecule has 1 aromatic carbocycles. The summed E-state index contributed by atoms with van der Waals surface area (Å²) >= 11 is 6.51. The zero-order chi connectivity index (χ0) is 14.8. The molecule has 1 saturated heterocycles. The number of anilines is 1. The van der Waals surface area contributed by atoms with Crippen LogP contribution in [0.4, 0.5) is 5.69 Å². The Morgan fingerprint density at radius 3 is 2.86 bits per heavy atom. The number of nitrogens with zero attached hydrogens (tertiary/aromatic N) is 1. The third kappa shape index (κ3) is 3.22. The van der Waals surface area contributed by atoms with Crippen LogP contribution in [0.3, 0.4) is 0 Å². The lowest BCUT2D eigenvalue weighted by Crippen LogP contribution is -2.42. The largest absolute Gasteiger partial charge is 0.368 e. The first-order valence-electron chi connectivity index (χ1n) is 8.49. The van der Waals surface area contributed by atoms with Crippen molar-refractivity contribution in [3.8, 4) is 0 Å². The molecule has 116 valence electrons. The van der Waals surface area contributed by atoms with Gasteiger partial charge in [-0.1, -0.05) is 31.0 Å². The van der Waals surface area contributed by atoms with Gasteiger partial charge >= 0.3 is 0 Å². The Bertz CT molecular complexity index is 488. The number of fused-ring (bicyclic) bond motifs is 1. The maximum atomic E-state index is 6.51. The Kier molecular flexibility index (Phi) is 4.75. The summed E-state index contributed by atoms with van der Waals surface area (Å²) in [5.74, 6) is 0.908. The van der Waals surface area contributed by atoms with Crippen LogP contribution in [-0.2, 0) is 6.42 Å². The molecule has 1 saturated carbocycles. The summed E-state index contributed by atoms with van der Waals surface area (Å²) in [5, 5.41) is 0.886. The summed E-state index contributed by atoms with van der Waals surface area (Å²) in [6, 6.07) is 7.57. The molecule has 3 heteroatoms. The smallest absolute Gasteiger partial charge is 0.0459 e. The van der Waals surface area contributed by atoms with Gasteiger partial charge in [-0.15, -0.1) is 0 Å². The molecule has 0 aromatic heterocycles. The molecule has 2 aliphatic rings. The third-order valence-electron chi connectivity index (χ3n) is 5.37. The molecular weight excluding hydrogens is 280 g/mol. The van der Waals surface area contributed by atoms with Crippen LogP contribution in [-0.4, -0.2) is 18.6 Å². The van der Waals surface area contributed by atoms with Crippen molar-refractivity contribution >= 4 is 17.3 Å². The first-order valence-corrected chi connectivity index (χ1v) is 8.87. The number of hydrogen-bond acceptors (Lipinski definition) is 2. The molecule has 3 unspecified atom stereocenters. The Morgan fingerprint density at radius 1 is 1.29 bits per heavy atom. The maximum Gasteiger partial charge on any atom is 0.0459 e. The van der Waals surface area contributed by atoms with Gasteiger partial charge in [0.2, 0.25) is 0 Å². The molecule has 3 atom stereocenters. The Labute approximate surface area is 133 Å². The van der Waals surface area contributed by atoms with Gasteiger partial charge in [-0.25, -0.2) is 0 Å². The minimum Gasteiger partial charge on any atom is -0.368 e. The quantitative estimate of drug-likeness (QED) is 0.894. The van der Waals surface area contributed by atoms with Crippen LogP contribution in [0.1, 0.15) is 51.0 Å². The molecule has 1 aromatic rings. The number of rotatable bonds is 4. The van der Waals surface area contributed by atoms with E-state index in [1.165, 1.54) is 49.9 Å². The highest BCUT2D eigenvalue weighted by atomic mass is 35.5. The zero-order valence-electron chi connectivity index (χ0n) is 13.0. The SMILES string of the molecule is CCC(N)Cc1ccc(N2CCCC3CCCC32)cc1Cl. The number of benzene rings is 1. The Balaban J connectivity index is 1.78. The summed E-state index contributed by atoms with van der Waals surface area (Å²) in [6.45, 7) is 3.31. The van der Waals surface area contributed by atoms with Crippen molar-refractivity contribution < 1.29 is 0 Å². The highest BCUT2D eigenvalue weighted by Gasteiger charge is 2.35. The van der Waals surface area contributed by atoms with Gasteiger partial charge in [0, 0.05) is 29.3 Å². The molecule has 1 heterocycles. The summed E-state index contributed by atoms with van der Waals surface area (Å²) in [4.78, 5) is 2.61. The number of piperidine rings is 1. The average Bonchev–Trinajstić information content (AvgIpc) is 2.97. The molecule has 2 N–H and O–H groups in total. The van der Waals surface area contributed by atoms with Gasteiger partial charge in [0.1, 0.15) is 0 Å². The van der Waals surface area contributed by atoms with Gasteiger partial charge in [0.15, 0.2) is 0 Å². The van der Waals surface area contributed by atoms with E-state index < -0.39 is 0 Å². The highest BCUT2D eigenvalue weighted by molar-refractivity contribution is 6.31. The molecule has 0 amide bonds. The summed E-state index contributed by atoms with van der Waals surface area (Å²) < 4.78 is 0. The monoisotopic (exact) mass is 306 g/mol. The minimum absolute atomic E-state index is 0.211. The number of nitrogens with two attached hydrogens (primary N) is 1. The second-order valence-corrected chi connectivity index (χ2v) is 7.15. The van der Waals surface area contributed by atoms with E-state index in [2.05, 4.69) is 30.0 Å². The van der Waals surface area contributed by atoms with Crippen LogP contribution in [0.5, 0.6) is 0 Å². The van der Waals surface area contributed by atoms with Crippen LogP contribution in [0.25, 0.3) is 0 Å². The Hall–Kier alpha value is -0.730. The van der Waals surface area contributed by atoms with E-state index in [0.717, 1.165) is 29.8 Å². The zero-order valence-corrected chi connectivity index (χ0v) is 13.8. The van der Waals surface area contributed by atoms with Gasteiger partial charge in [-0.2, -0.15) is 0 Å². The van der Waals surface area contributed by atoms with E-state index >= 15 is 0 Å². The molecule has 1 aliphatic carbocycles. The molecule has 0 radical (unpaired) electrons. The van der Waals surface area contributed by atoms with Crippen molar-refractivity contribution in [1.82, 2.24) is 0 Å². The first-order chi connectivity index (χ1) is 10.2. The van der Waals surface area contributed by atoms with Crippen LogP contribution >= 0.6 is 11.6 Å². The van der Waals surface area contributed by atoms with Gasteiger partial charge in [0.05, 0.1) is 0 Å². The summed E-state index contributed by atoms with van der Waals surface area (Å²) in [7, 11) is 0. The lowest BCUT2D eigenvalue weighted by Gasteiger charge is -2.39. The number of halogens is 1. The van der Waals surface area contributed by atoms with Crippen molar-refractivity contribution in [2.24, 2.45) is 11.7 Å². The van der Waals surface area contributed by atoms with Crippen LogP contribution < -0.4 is 10.6 Å². The average molecular weight is 307 g/mol. The number of hydrogen-bond donors (Lipinski definition) is 1. The van der Waals surface area contributed by atoms with Crippen LogP contribution in [0, 0.1) is 5.92 Å². The predicted octanol–water partition coefficient (Wildman–Crippen LogP) is 4.39. The van der Waals surface area contributed by atoms with E-state index in [1.807, 2.05) is 0 Å². The second-order valence-electron chi connectivity index (χ2n) is 6.74. The van der Waals surface area contributed by atoms with E-state index in [0.29, 0.717) is 0 Å². The molecule has 3 rings (SSSR count). The molecular formula is C18H27ClN2. The molecule has 1 aliphatic heterocycles. The fourth-order valence-corrected chi connectivity index (χ4v) is 4.33. The normalized spacial score (nSPS) is 26.7. The van der Waals surface area contributed by atoms with Crippen molar-refractivity contribution in [2.45, 2.75) is 64.0 Å². The van der Waals surface area contributed by atoms with Crippen molar-refractivity contribution in [3.63, 3.8) is 0 Å². The maximum absolute atomic E-state index is 6.51. The van der Waals surface area contributed by atoms with E-state index in [4.69, 9.17) is 17.3 Å². The highest BCUT2D eigenvalue weighted by Crippen LogP contribution is 2.39. The van der Waals surface area contributed by atoms with Gasteiger partial charge in [-0.3, -0.25) is 0 Å². The van der Waals surface area contributed by atoms with Gasteiger partial charge in [0.25, 0.3) is 0 Å². The van der Waals surface area contributed by atoms with Crippen LogP contribution in [0.2, 0.25) is 5.02 Å². The molecule has 0 bridgehead atoms. The fourth-order valence-electron chi connectivity index (χ4n) is 4.08. The fraction of sp³-hybridized carbons (Fsp3) is 0.667. The standard InChI is InChI=1S/C18H27ClN2/c1-2-15(20)11-14-8-9-16(12-17(14)19)21-10-4-6-13-5-3-7-18(13)21/h8-9,12-13,15,18H,2-7,10-11,20H2,1H3. The molecule has 2 nitrogen and oxygen atoms in total.